The van der Waals surface area contributed by atoms with E-state index in [1.165, 1.54) is 48.9 Å². The Hall–Kier alpha value is -1.63. The van der Waals surface area contributed by atoms with Gasteiger partial charge in [-0.2, -0.15) is 0 Å². The lowest BCUT2D eigenvalue weighted by atomic mass is 9.94. The fourth-order valence-corrected chi connectivity index (χ4v) is 7.03. The molecular formula is C26H41N4O2+. The number of likely N-dealkylation sites (tertiary alicyclic amines) is 2. The SMILES string of the molecule is CCOC(=O)N1CCC(N2CCc3cc([N+]4([C@H]5CCNC5)CCC[C@@H]4C)ccc3C2)CC1. The highest BCUT2D eigenvalue weighted by Gasteiger charge is 2.48. The van der Waals surface area contributed by atoms with Crippen LogP contribution in [-0.2, 0) is 17.7 Å². The lowest BCUT2D eigenvalue weighted by molar-refractivity contribution is 0.0706. The summed E-state index contributed by atoms with van der Waals surface area (Å²) in [6.07, 6.45) is 7.13. The Morgan fingerprint density at radius 3 is 2.69 bits per heavy atom. The molecule has 0 aliphatic carbocycles. The minimum absolute atomic E-state index is 0.145. The number of piperidine rings is 1. The van der Waals surface area contributed by atoms with Crippen LogP contribution >= 0.6 is 0 Å². The van der Waals surface area contributed by atoms with Gasteiger partial charge in [0.05, 0.1) is 19.2 Å². The third-order valence-corrected chi connectivity index (χ3v) is 8.84. The summed E-state index contributed by atoms with van der Waals surface area (Å²) < 4.78 is 6.39. The van der Waals surface area contributed by atoms with Gasteiger partial charge in [0, 0.05) is 70.6 Å². The standard InChI is InChI=1S/C26H41N4O2/c1-3-32-26(31)28-14-10-23(11-15-28)29-13-9-21-17-24(7-6-22(21)19-29)30(16-4-5-20(30)2)25-8-12-27-18-25/h6-7,17,20,23,25,27H,3-5,8-16,18-19H2,1-2H3/q+1/t20-,25-,30?/m0/s1. The van der Waals surface area contributed by atoms with Crippen LogP contribution in [0.1, 0.15) is 57.1 Å². The Bertz CT molecular complexity index is 816. The maximum atomic E-state index is 12.0. The summed E-state index contributed by atoms with van der Waals surface area (Å²) >= 11 is 0. The number of nitrogens with zero attached hydrogens (tertiary/aromatic N) is 3. The molecule has 4 aliphatic rings. The minimum atomic E-state index is -0.145. The molecule has 1 aromatic rings. The van der Waals surface area contributed by atoms with E-state index in [1.54, 1.807) is 11.3 Å². The zero-order valence-electron chi connectivity index (χ0n) is 20.0. The summed E-state index contributed by atoms with van der Waals surface area (Å²) in [7, 11) is 0. The Labute approximate surface area is 193 Å². The molecule has 176 valence electrons. The highest BCUT2D eigenvalue weighted by molar-refractivity contribution is 5.67. The number of carbonyl (C=O) groups excluding carboxylic acids is 1. The van der Waals surface area contributed by atoms with Crippen molar-refractivity contribution in [2.24, 2.45) is 0 Å². The van der Waals surface area contributed by atoms with Crippen LogP contribution in [0.5, 0.6) is 0 Å². The number of amides is 1. The van der Waals surface area contributed by atoms with Crippen molar-refractivity contribution in [1.29, 1.82) is 0 Å². The summed E-state index contributed by atoms with van der Waals surface area (Å²) in [4.78, 5) is 16.6. The average Bonchev–Trinajstić information content (AvgIpc) is 3.49. The van der Waals surface area contributed by atoms with Crippen molar-refractivity contribution < 1.29 is 9.53 Å². The molecule has 4 aliphatic heterocycles. The molecule has 1 unspecified atom stereocenters. The van der Waals surface area contributed by atoms with E-state index < -0.39 is 0 Å². The molecule has 1 aromatic carbocycles. The molecule has 5 rings (SSSR count). The topological polar surface area (TPSA) is 44.8 Å². The van der Waals surface area contributed by atoms with E-state index in [-0.39, 0.29) is 6.09 Å². The maximum Gasteiger partial charge on any atom is 0.409 e. The lowest BCUT2D eigenvalue weighted by Gasteiger charge is -2.44. The molecule has 0 aromatic heterocycles. The van der Waals surface area contributed by atoms with Crippen LogP contribution in [0.3, 0.4) is 0 Å². The first-order valence-electron chi connectivity index (χ1n) is 13.0. The predicted octanol–water partition coefficient (Wildman–Crippen LogP) is 3.52. The second kappa shape index (κ2) is 9.32. The van der Waals surface area contributed by atoms with Gasteiger partial charge in [0.1, 0.15) is 11.7 Å². The fourth-order valence-electron chi connectivity index (χ4n) is 7.03. The van der Waals surface area contributed by atoms with Crippen LogP contribution in [0.2, 0.25) is 0 Å². The first-order valence-corrected chi connectivity index (χ1v) is 13.0. The Morgan fingerprint density at radius 1 is 1.16 bits per heavy atom. The zero-order valence-corrected chi connectivity index (χ0v) is 20.0. The van der Waals surface area contributed by atoms with E-state index in [1.807, 2.05) is 11.8 Å². The molecule has 6 nitrogen and oxygen atoms in total. The molecule has 0 spiro atoms. The molecule has 6 heteroatoms. The summed E-state index contributed by atoms with van der Waals surface area (Å²) in [5.41, 5.74) is 4.66. The Balaban J connectivity index is 1.27. The number of rotatable bonds is 4. The smallest absolute Gasteiger partial charge is 0.409 e. The molecule has 0 saturated carbocycles. The Morgan fingerprint density at radius 2 is 2.00 bits per heavy atom. The van der Waals surface area contributed by atoms with Crippen molar-refractivity contribution >= 4 is 11.8 Å². The van der Waals surface area contributed by atoms with Gasteiger partial charge in [-0.25, -0.2) is 4.79 Å². The van der Waals surface area contributed by atoms with Gasteiger partial charge in [-0.3, -0.25) is 9.38 Å². The number of quaternary nitrogens is 1. The third kappa shape index (κ3) is 3.95. The second-order valence-electron chi connectivity index (χ2n) is 10.4. The fraction of sp³-hybridized carbons (Fsp3) is 0.731. The van der Waals surface area contributed by atoms with Crippen molar-refractivity contribution in [2.45, 2.75) is 77.0 Å². The number of hydrogen-bond donors (Lipinski definition) is 1. The zero-order chi connectivity index (χ0) is 22.1. The van der Waals surface area contributed by atoms with Gasteiger partial charge >= 0.3 is 6.09 Å². The van der Waals surface area contributed by atoms with Crippen molar-refractivity contribution in [3.8, 4) is 0 Å². The molecule has 3 saturated heterocycles. The van der Waals surface area contributed by atoms with Crippen LogP contribution in [0.25, 0.3) is 0 Å². The molecule has 1 amide bonds. The summed E-state index contributed by atoms with van der Waals surface area (Å²) in [6, 6.07) is 9.52. The monoisotopic (exact) mass is 441 g/mol. The van der Waals surface area contributed by atoms with Gasteiger partial charge in [0.2, 0.25) is 0 Å². The molecular weight excluding hydrogens is 400 g/mol. The molecule has 0 radical (unpaired) electrons. The van der Waals surface area contributed by atoms with E-state index in [0.29, 0.717) is 12.6 Å². The van der Waals surface area contributed by atoms with Gasteiger partial charge in [-0.15, -0.1) is 0 Å². The van der Waals surface area contributed by atoms with E-state index in [4.69, 9.17) is 4.74 Å². The highest BCUT2D eigenvalue weighted by Crippen LogP contribution is 2.40. The summed E-state index contributed by atoms with van der Waals surface area (Å²) in [6.45, 7) is 12.3. The highest BCUT2D eigenvalue weighted by atomic mass is 16.6. The van der Waals surface area contributed by atoms with Crippen LogP contribution < -0.4 is 9.80 Å². The number of benzene rings is 1. The number of ether oxygens (including phenoxy) is 1. The molecule has 3 fully saturated rings. The summed E-state index contributed by atoms with van der Waals surface area (Å²) in [5.74, 6) is 0. The third-order valence-electron chi connectivity index (χ3n) is 8.84. The van der Waals surface area contributed by atoms with Gasteiger partial charge in [-0.1, -0.05) is 6.07 Å². The first kappa shape index (κ1) is 22.2. The molecule has 1 N–H and O–H groups in total. The quantitative estimate of drug-likeness (QED) is 0.727. The van der Waals surface area contributed by atoms with Gasteiger partial charge in [-0.05, 0) is 50.3 Å². The number of nitrogens with one attached hydrogen (secondary N) is 1. The van der Waals surface area contributed by atoms with Crippen LogP contribution in [0.15, 0.2) is 18.2 Å². The molecule has 32 heavy (non-hydrogen) atoms. The molecule has 3 atom stereocenters. The van der Waals surface area contributed by atoms with Gasteiger partial charge in [0.25, 0.3) is 0 Å². The van der Waals surface area contributed by atoms with Crippen LogP contribution in [-0.4, -0.2) is 79.9 Å². The van der Waals surface area contributed by atoms with Crippen molar-refractivity contribution in [3.63, 3.8) is 0 Å². The molecule has 4 heterocycles. The number of carbonyl (C=O) groups is 1. The average molecular weight is 442 g/mol. The van der Waals surface area contributed by atoms with E-state index >= 15 is 0 Å². The minimum Gasteiger partial charge on any atom is -0.450 e. The number of fused-ring (bicyclic) bond motifs is 1. The van der Waals surface area contributed by atoms with E-state index in [9.17, 15) is 4.79 Å². The van der Waals surface area contributed by atoms with Gasteiger partial charge in [0.15, 0.2) is 0 Å². The predicted molar refractivity (Wildman–Crippen MR) is 129 cm³/mol. The maximum absolute atomic E-state index is 12.0. The van der Waals surface area contributed by atoms with Gasteiger partial charge < -0.3 is 15.0 Å². The normalized spacial score (nSPS) is 31.6. The van der Waals surface area contributed by atoms with Crippen molar-refractivity contribution in [2.75, 3.05) is 45.9 Å². The summed E-state index contributed by atoms with van der Waals surface area (Å²) in [5, 5.41) is 3.63. The largest absolute Gasteiger partial charge is 0.450 e. The number of hydrogen-bond acceptors (Lipinski definition) is 4. The van der Waals surface area contributed by atoms with Crippen molar-refractivity contribution in [3.05, 3.63) is 29.3 Å². The second-order valence-corrected chi connectivity index (χ2v) is 10.4. The first-order chi connectivity index (χ1) is 15.6. The van der Waals surface area contributed by atoms with E-state index in [2.05, 4.69) is 35.3 Å². The molecule has 0 bridgehead atoms. The van der Waals surface area contributed by atoms with Crippen LogP contribution in [0, 0.1) is 0 Å². The van der Waals surface area contributed by atoms with Crippen molar-refractivity contribution in [1.82, 2.24) is 19.6 Å². The van der Waals surface area contributed by atoms with E-state index in [0.717, 1.165) is 57.5 Å². The van der Waals surface area contributed by atoms with Crippen LogP contribution in [0.4, 0.5) is 10.5 Å². The lowest BCUT2D eigenvalue weighted by Crippen LogP contribution is -2.59. The Kier molecular flexibility index (Phi) is 6.46.